The van der Waals surface area contributed by atoms with Crippen LogP contribution in [0.25, 0.3) is 11.3 Å². The molecule has 0 radical (unpaired) electrons. The first kappa shape index (κ1) is 20.1. The van der Waals surface area contributed by atoms with E-state index in [4.69, 9.17) is 5.73 Å². The van der Waals surface area contributed by atoms with Crippen molar-refractivity contribution in [3.8, 4) is 11.3 Å². The third-order valence-electron chi connectivity index (χ3n) is 4.68. The zero-order valence-corrected chi connectivity index (χ0v) is 16.3. The largest absolute Gasteiger partial charge is 0.464 e. The molecule has 0 fully saturated rings. The van der Waals surface area contributed by atoms with Gasteiger partial charge in [-0.15, -0.1) is 0 Å². The van der Waals surface area contributed by atoms with E-state index in [1.807, 2.05) is 24.3 Å². The van der Waals surface area contributed by atoms with Gasteiger partial charge in [-0.2, -0.15) is 0 Å². The maximum absolute atomic E-state index is 12.6. The summed E-state index contributed by atoms with van der Waals surface area (Å²) in [5.74, 6) is -0.338. The second-order valence-electron chi connectivity index (χ2n) is 6.81. The lowest BCUT2D eigenvalue weighted by Gasteiger charge is -2.09. The zero-order valence-electron chi connectivity index (χ0n) is 16.3. The van der Waals surface area contributed by atoms with E-state index in [1.54, 1.807) is 24.3 Å². The highest BCUT2D eigenvalue weighted by Crippen LogP contribution is 2.25. The van der Waals surface area contributed by atoms with Gasteiger partial charge in [-0.1, -0.05) is 44.0 Å². The average Bonchev–Trinajstić information content (AvgIpc) is 3.11. The molecule has 1 heterocycles. The van der Waals surface area contributed by atoms with Gasteiger partial charge in [-0.05, 0) is 42.7 Å². The van der Waals surface area contributed by atoms with Gasteiger partial charge in [-0.25, -0.2) is 14.3 Å². The van der Waals surface area contributed by atoms with E-state index in [2.05, 4.69) is 17.2 Å². The van der Waals surface area contributed by atoms with Gasteiger partial charge in [0.1, 0.15) is 0 Å². The van der Waals surface area contributed by atoms with Crippen LogP contribution < -0.4 is 11.1 Å². The van der Waals surface area contributed by atoms with Crippen LogP contribution in [0.4, 0.5) is 16.4 Å². The van der Waals surface area contributed by atoms with Crippen LogP contribution in [0.2, 0.25) is 0 Å². The third kappa shape index (κ3) is 4.82. The Morgan fingerprint density at radius 1 is 1.14 bits per heavy atom. The fourth-order valence-corrected chi connectivity index (χ4v) is 3.13. The molecule has 150 valence electrons. The van der Waals surface area contributed by atoms with Crippen LogP contribution in [0.1, 0.15) is 42.1 Å². The molecule has 1 amide bonds. The van der Waals surface area contributed by atoms with Gasteiger partial charge < -0.3 is 16.2 Å². The van der Waals surface area contributed by atoms with E-state index >= 15 is 0 Å². The summed E-state index contributed by atoms with van der Waals surface area (Å²) in [6.07, 6.45) is 4.71. The molecule has 0 saturated carbocycles. The van der Waals surface area contributed by atoms with Crippen LogP contribution >= 0.6 is 0 Å². The van der Waals surface area contributed by atoms with Crippen LogP contribution in [0, 0.1) is 0 Å². The monoisotopic (exact) mass is 392 g/mol. The van der Waals surface area contributed by atoms with Gasteiger partial charge in [0, 0.05) is 16.8 Å². The van der Waals surface area contributed by atoms with Gasteiger partial charge in [-0.3, -0.25) is 4.79 Å². The van der Waals surface area contributed by atoms with Crippen LogP contribution in [0.3, 0.4) is 0 Å². The van der Waals surface area contributed by atoms with Gasteiger partial charge in [0.05, 0.1) is 11.9 Å². The molecule has 2 aromatic carbocycles. The number of aromatic nitrogens is 2. The first-order chi connectivity index (χ1) is 14.0. The lowest BCUT2D eigenvalue weighted by molar-refractivity contribution is 0.102. The maximum atomic E-state index is 12.6. The minimum absolute atomic E-state index is 0.110. The lowest BCUT2D eigenvalue weighted by atomic mass is 10.0. The maximum Gasteiger partial charge on any atom is 0.418 e. The highest BCUT2D eigenvalue weighted by atomic mass is 16.4. The Kier molecular flexibility index (Phi) is 6.29. The number of unbranched alkanes of at least 4 members (excludes halogenated alkanes) is 2. The number of aryl methyl sites for hydroxylation is 1. The van der Waals surface area contributed by atoms with E-state index in [0.717, 1.165) is 17.4 Å². The standard InChI is InChI=1S/C22H24N4O3/c1-2-3-4-6-15-9-11-16(12-10-15)20(27)25-18-8-5-7-17(13-18)19-14-24-21(23)26(19)22(28)29/h5,7-14H,2-4,6H2,1H3,(H2,23,24)(H,25,27)(H,28,29). The van der Waals surface area contributed by atoms with Crippen molar-refractivity contribution in [2.75, 3.05) is 11.1 Å². The number of anilines is 2. The molecule has 0 aliphatic carbocycles. The van der Waals surface area contributed by atoms with Gasteiger partial charge >= 0.3 is 6.09 Å². The van der Waals surface area contributed by atoms with Crippen molar-refractivity contribution in [3.63, 3.8) is 0 Å². The topological polar surface area (TPSA) is 110 Å². The summed E-state index contributed by atoms with van der Waals surface area (Å²) in [5.41, 5.74) is 8.88. The molecule has 0 saturated heterocycles. The van der Waals surface area contributed by atoms with E-state index in [0.29, 0.717) is 22.5 Å². The van der Waals surface area contributed by atoms with Gasteiger partial charge in [0.2, 0.25) is 5.95 Å². The predicted octanol–water partition coefficient (Wildman–Crippen LogP) is 4.64. The van der Waals surface area contributed by atoms with Crippen molar-refractivity contribution >= 4 is 23.6 Å². The summed E-state index contributed by atoms with van der Waals surface area (Å²) in [6.45, 7) is 2.17. The number of nitrogens with two attached hydrogens (primary N) is 1. The molecule has 3 rings (SSSR count). The number of hydrogen-bond acceptors (Lipinski definition) is 4. The van der Waals surface area contributed by atoms with Crippen molar-refractivity contribution < 1.29 is 14.7 Å². The molecule has 0 aliphatic rings. The number of carbonyl (C=O) groups excluding carboxylic acids is 1. The molecule has 0 spiro atoms. The Morgan fingerprint density at radius 2 is 1.90 bits per heavy atom. The average molecular weight is 392 g/mol. The van der Waals surface area contributed by atoms with Crippen LogP contribution in [0.5, 0.6) is 0 Å². The molecule has 4 N–H and O–H groups in total. The Hall–Kier alpha value is -3.61. The van der Waals surface area contributed by atoms with Crippen LogP contribution in [-0.4, -0.2) is 26.7 Å². The third-order valence-corrected chi connectivity index (χ3v) is 4.68. The minimum Gasteiger partial charge on any atom is -0.464 e. The van der Waals surface area contributed by atoms with Crippen molar-refractivity contribution in [2.45, 2.75) is 32.6 Å². The first-order valence-electron chi connectivity index (χ1n) is 9.57. The number of hydrogen-bond donors (Lipinski definition) is 3. The van der Waals surface area contributed by atoms with Crippen molar-refractivity contribution in [1.82, 2.24) is 9.55 Å². The molecule has 3 aromatic rings. The number of rotatable bonds is 7. The zero-order chi connectivity index (χ0) is 20.8. The minimum atomic E-state index is -1.22. The number of nitrogen functional groups attached to an aromatic ring is 1. The highest BCUT2D eigenvalue weighted by molar-refractivity contribution is 6.04. The molecule has 7 nitrogen and oxygen atoms in total. The SMILES string of the molecule is CCCCCc1ccc(C(=O)Nc2cccc(-c3cnc(N)n3C(=O)O)c2)cc1. The van der Waals surface area contributed by atoms with Crippen LogP contribution in [-0.2, 0) is 6.42 Å². The van der Waals surface area contributed by atoms with E-state index in [-0.39, 0.29) is 11.9 Å². The van der Waals surface area contributed by atoms with E-state index in [1.165, 1.54) is 24.6 Å². The number of benzene rings is 2. The molecular formula is C22H24N4O3. The fraction of sp³-hybridized carbons (Fsp3) is 0.227. The first-order valence-corrected chi connectivity index (χ1v) is 9.57. The Balaban J connectivity index is 1.73. The number of carboxylic acid groups (broad SMARTS) is 1. The molecule has 7 heteroatoms. The van der Waals surface area contributed by atoms with Crippen molar-refractivity contribution in [3.05, 3.63) is 65.9 Å². The molecular weight excluding hydrogens is 368 g/mol. The molecule has 0 atom stereocenters. The number of imidazole rings is 1. The lowest BCUT2D eigenvalue weighted by Crippen LogP contribution is -2.13. The summed E-state index contributed by atoms with van der Waals surface area (Å²) in [5, 5.41) is 12.2. The summed E-state index contributed by atoms with van der Waals surface area (Å²) in [7, 11) is 0. The quantitative estimate of drug-likeness (QED) is 0.507. The number of amides is 1. The summed E-state index contributed by atoms with van der Waals surface area (Å²) in [4.78, 5) is 27.8. The predicted molar refractivity (Wildman–Crippen MR) is 113 cm³/mol. The van der Waals surface area contributed by atoms with E-state index < -0.39 is 6.09 Å². The highest BCUT2D eigenvalue weighted by Gasteiger charge is 2.15. The Morgan fingerprint density at radius 3 is 2.59 bits per heavy atom. The molecule has 0 aliphatic heterocycles. The van der Waals surface area contributed by atoms with Crippen molar-refractivity contribution in [1.29, 1.82) is 0 Å². The van der Waals surface area contributed by atoms with E-state index in [9.17, 15) is 14.7 Å². The van der Waals surface area contributed by atoms with Gasteiger partial charge in [0.15, 0.2) is 0 Å². The second kappa shape index (κ2) is 9.05. The summed E-state index contributed by atoms with van der Waals surface area (Å²) >= 11 is 0. The number of carbonyl (C=O) groups is 2. The van der Waals surface area contributed by atoms with Crippen molar-refractivity contribution in [2.24, 2.45) is 0 Å². The van der Waals surface area contributed by atoms with Crippen LogP contribution in [0.15, 0.2) is 54.7 Å². The molecule has 29 heavy (non-hydrogen) atoms. The fourth-order valence-electron chi connectivity index (χ4n) is 3.13. The Bertz CT molecular complexity index is 1010. The second-order valence-corrected chi connectivity index (χ2v) is 6.81. The normalized spacial score (nSPS) is 10.7. The van der Waals surface area contributed by atoms with Gasteiger partial charge in [0.25, 0.3) is 5.91 Å². The molecule has 0 bridgehead atoms. The summed E-state index contributed by atoms with van der Waals surface area (Å²) < 4.78 is 0.901. The molecule has 1 aromatic heterocycles. The summed E-state index contributed by atoms with van der Waals surface area (Å²) in [6, 6.07) is 14.5. The Labute approximate surface area is 169 Å². The number of nitrogens with one attached hydrogen (secondary N) is 1. The number of nitrogens with zero attached hydrogens (tertiary/aromatic N) is 2. The smallest absolute Gasteiger partial charge is 0.418 e. The molecule has 0 unspecified atom stereocenters.